The Labute approximate surface area is 190 Å². The molecule has 166 valence electrons. The maximum Gasteiger partial charge on any atom is 0.270 e. The van der Waals surface area contributed by atoms with Gasteiger partial charge in [0.05, 0.1) is 5.56 Å². The van der Waals surface area contributed by atoms with Crippen LogP contribution in [0, 0.1) is 0 Å². The molecule has 0 bridgehead atoms. The van der Waals surface area contributed by atoms with Gasteiger partial charge in [0.2, 0.25) is 0 Å². The van der Waals surface area contributed by atoms with Gasteiger partial charge in [-0.2, -0.15) is 0 Å². The topological polar surface area (TPSA) is 71.1 Å². The number of amides is 2. The normalized spacial score (nSPS) is 10.5. The highest BCUT2D eigenvalue weighted by Gasteiger charge is 2.17. The zero-order valence-electron chi connectivity index (χ0n) is 18.4. The van der Waals surface area contributed by atoms with Gasteiger partial charge in [-0.3, -0.25) is 14.6 Å². The van der Waals surface area contributed by atoms with Crippen molar-refractivity contribution in [3.63, 3.8) is 0 Å². The Bertz CT molecular complexity index is 894. The van der Waals surface area contributed by atoms with E-state index < -0.39 is 0 Å². The third kappa shape index (κ3) is 7.65. The van der Waals surface area contributed by atoms with Crippen molar-refractivity contribution in [1.29, 1.82) is 0 Å². The Morgan fingerprint density at radius 3 is 1.72 bits per heavy atom. The Morgan fingerprint density at radius 2 is 1.16 bits per heavy atom. The first-order valence-corrected chi connectivity index (χ1v) is 11.3. The summed E-state index contributed by atoms with van der Waals surface area (Å²) < 4.78 is 0. The zero-order valence-corrected chi connectivity index (χ0v) is 18.4. The van der Waals surface area contributed by atoms with Crippen LogP contribution in [0.15, 0.2) is 79.0 Å². The maximum atomic E-state index is 12.6. The molecule has 3 rings (SSSR count). The number of carbonyl (C=O) groups is 2. The first-order chi connectivity index (χ1) is 15.7. The number of hydrogen-bond acceptors (Lipinski definition) is 3. The molecule has 0 radical (unpaired) electrons. The molecule has 1 aromatic heterocycles. The molecule has 0 fully saturated rings. The third-order valence-electron chi connectivity index (χ3n) is 5.31. The molecule has 0 saturated carbocycles. The van der Waals surface area contributed by atoms with Crippen molar-refractivity contribution in [3.05, 3.63) is 101 Å². The number of hydrogen-bond donors (Lipinski definition) is 2. The van der Waals surface area contributed by atoms with Gasteiger partial charge in [-0.25, -0.2) is 0 Å². The van der Waals surface area contributed by atoms with Gasteiger partial charge in [-0.05, 0) is 61.8 Å². The minimum Gasteiger partial charge on any atom is -0.352 e. The molecule has 0 saturated heterocycles. The largest absolute Gasteiger partial charge is 0.352 e. The summed E-state index contributed by atoms with van der Waals surface area (Å²) >= 11 is 0. The van der Waals surface area contributed by atoms with Crippen LogP contribution in [0.2, 0.25) is 0 Å². The quantitative estimate of drug-likeness (QED) is 0.414. The van der Waals surface area contributed by atoms with Crippen LogP contribution in [0.4, 0.5) is 0 Å². The lowest BCUT2D eigenvalue weighted by molar-refractivity contribution is 0.0914. The molecule has 0 aliphatic rings. The first-order valence-electron chi connectivity index (χ1n) is 11.3. The van der Waals surface area contributed by atoms with E-state index >= 15 is 0 Å². The van der Waals surface area contributed by atoms with Gasteiger partial charge in [-0.1, -0.05) is 60.7 Å². The van der Waals surface area contributed by atoms with Crippen molar-refractivity contribution >= 4 is 11.8 Å². The fourth-order valence-electron chi connectivity index (χ4n) is 3.55. The number of carbonyl (C=O) groups excluding carboxylic acids is 2. The van der Waals surface area contributed by atoms with Crippen molar-refractivity contribution in [3.8, 4) is 0 Å². The van der Waals surface area contributed by atoms with Crippen molar-refractivity contribution in [2.24, 2.45) is 0 Å². The Morgan fingerprint density at radius 1 is 0.625 bits per heavy atom. The average molecular weight is 430 g/mol. The standard InChI is InChI=1S/C27H31N3O2/c31-26(29-19-9-7-16-22-12-3-1-4-13-22)24-18-11-21-28-25(24)27(32)30-20-10-8-17-23-14-5-2-6-15-23/h1-6,11-15,18,21H,7-10,16-17,19-20H2,(H,29,31)(H,30,32). The van der Waals surface area contributed by atoms with E-state index in [9.17, 15) is 9.59 Å². The molecule has 3 aromatic rings. The minimum absolute atomic E-state index is 0.178. The van der Waals surface area contributed by atoms with Crippen molar-refractivity contribution in [2.45, 2.75) is 38.5 Å². The predicted molar refractivity (Wildman–Crippen MR) is 128 cm³/mol. The Balaban J connectivity index is 1.39. The summed E-state index contributed by atoms with van der Waals surface area (Å²) in [6, 6.07) is 23.9. The van der Waals surface area contributed by atoms with Gasteiger partial charge in [0.1, 0.15) is 5.69 Å². The number of nitrogens with one attached hydrogen (secondary N) is 2. The molecule has 0 spiro atoms. The predicted octanol–water partition coefficient (Wildman–Crippen LogP) is 4.59. The van der Waals surface area contributed by atoms with E-state index in [2.05, 4.69) is 39.9 Å². The first kappa shape index (κ1) is 23.2. The van der Waals surface area contributed by atoms with Crippen LogP contribution in [0.5, 0.6) is 0 Å². The van der Waals surface area contributed by atoms with Crippen LogP contribution >= 0.6 is 0 Å². The molecule has 5 heteroatoms. The molecular weight excluding hydrogens is 398 g/mol. The molecule has 5 nitrogen and oxygen atoms in total. The van der Waals surface area contributed by atoms with Crippen LogP contribution in [0.1, 0.15) is 57.7 Å². The number of nitrogens with zero attached hydrogens (tertiary/aromatic N) is 1. The number of unbranched alkanes of at least 4 members (excludes halogenated alkanes) is 2. The van der Waals surface area contributed by atoms with Crippen LogP contribution < -0.4 is 10.6 Å². The van der Waals surface area contributed by atoms with Crippen molar-refractivity contribution < 1.29 is 9.59 Å². The van der Waals surface area contributed by atoms with Crippen molar-refractivity contribution in [2.75, 3.05) is 13.1 Å². The van der Waals surface area contributed by atoms with Gasteiger partial charge >= 0.3 is 0 Å². The molecule has 32 heavy (non-hydrogen) atoms. The summed E-state index contributed by atoms with van der Waals surface area (Å²) in [5.74, 6) is -0.563. The van der Waals surface area contributed by atoms with Crippen LogP contribution in [0.3, 0.4) is 0 Å². The molecule has 0 atom stereocenters. The molecule has 0 aliphatic carbocycles. The lowest BCUT2D eigenvalue weighted by Gasteiger charge is -2.10. The lowest BCUT2D eigenvalue weighted by Crippen LogP contribution is -2.31. The summed E-state index contributed by atoms with van der Waals surface area (Å²) in [6.45, 7) is 1.13. The molecule has 0 unspecified atom stereocenters. The van der Waals surface area contributed by atoms with Gasteiger partial charge in [0.15, 0.2) is 0 Å². The fourth-order valence-corrected chi connectivity index (χ4v) is 3.55. The van der Waals surface area contributed by atoms with E-state index in [0.29, 0.717) is 18.7 Å². The van der Waals surface area contributed by atoms with Crippen LogP contribution in [-0.2, 0) is 12.8 Å². The molecule has 2 N–H and O–H groups in total. The number of aryl methyl sites for hydroxylation is 2. The number of benzene rings is 2. The van der Waals surface area contributed by atoms with E-state index in [0.717, 1.165) is 38.5 Å². The number of aromatic nitrogens is 1. The van der Waals surface area contributed by atoms with Crippen LogP contribution in [0.25, 0.3) is 0 Å². The molecule has 2 amide bonds. The van der Waals surface area contributed by atoms with Gasteiger partial charge in [-0.15, -0.1) is 0 Å². The van der Waals surface area contributed by atoms with Gasteiger partial charge in [0, 0.05) is 19.3 Å². The molecule has 1 heterocycles. The summed E-state index contributed by atoms with van der Waals surface area (Å²) in [4.78, 5) is 29.3. The molecular formula is C27H31N3O2. The highest BCUT2D eigenvalue weighted by molar-refractivity contribution is 6.05. The minimum atomic E-state index is -0.306. The summed E-state index contributed by atoms with van der Waals surface area (Å²) in [6.07, 6.45) is 7.25. The van der Waals surface area contributed by atoms with Gasteiger partial charge < -0.3 is 10.6 Å². The SMILES string of the molecule is O=C(NCCCCc1ccccc1)c1cccnc1C(=O)NCCCCc1ccccc1. The Hall–Kier alpha value is -3.47. The monoisotopic (exact) mass is 429 g/mol. The van der Waals surface area contributed by atoms with E-state index in [1.165, 1.54) is 11.1 Å². The van der Waals surface area contributed by atoms with E-state index in [1.807, 2.05) is 36.4 Å². The van der Waals surface area contributed by atoms with Gasteiger partial charge in [0.25, 0.3) is 11.8 Å². The summed E-state index contributed by atoms with van der Waals surface area (Å²) in [5.41, 5.74) is 3.09. The van der Waals surface area contributed by atoms with Crippen molar-refractivity contribution in [1.82, 2.24) is 15.6 Å². The average Bonchev–Trinajstić information content (AvgIpc) is 2.84. The third-order valence-corrected chi connectivity index (χ3v) is 5.31. The Kier molecular flexibility index (Phi) is 9.46. The second kappa shape index (κ2) is 13.1. The number of rotatable bonds is 12. The van der Waals surface area contributed by atoms with E-state index in [4.69, 9.17) is 0 Å². The zero-order chi connectivity index (χ0) is 22.4. The van der Waals surface area contributed by atoms with E-state index in [1.54, 1.807) is 18.3 Å². The summed E-state index contributed by atoms with van der Waals surface area (Å²) in [7, 11) is 0. The number of pyridine rings is 1. The smallest absolute Gasteiger partial charge is 0.270 e. The van der Waals surface area contributed by atoms with Crippen LogP contribution in [-0.4, -0.2) is 29.9 Å². The highest BCUT2D eigenvalue weighted by atomic mass is 16.2. The van der Waals surface area contributed by atoms with E-state index in [-0.39, 0.29) is 17.5 Å². The highest BCUT2D eigenvalue weighted by Crippen LogP contribution is 2.08. The molecule has 0 aliphatic heterocycles. The maximum absolute atomic E-state index is 12.6. The lowest BCUT2D eigenvalue weighted by atomic mass is 10.1. The molecule has 2 aromatic carbocycles. The second-order valence-corrected chi connectivity index (χ2v) is 7.80. The summed E-state index contributed by atoms with van der Waals surface area (Å²) in [5, 5.41) is 5.81. The fraction of sp³-hybridized carbons (Fsp3) is 0.296. The second-order valence-electron chi connectivity index (χ2n) is 7.80.